The molecule has 0 unspecified atom stereocenters. The minimum atomic E-state index is -0.571. The van der Waals surface area contributed by atoms with E-state index in [-0.39, 0.29) is 0 Å². The van der Waals surface area contributed by atoms with Crippen LogP contribution < -0.4 is 0 Å². The zero-order valence-corrected chi connectivity index (χ0v) is 8.45. The number of benzene rings is 1. The maximum Gasteiger partial charge on any atom is 0.250 e. The molecule has 0 bridgehead atoms. The van der Waals surface area contributed by atoms with Gasteiger partial charge >= 0.3 is 0 Å². The predicted molar refractivity (Wildman–Crippen MR) is 52.4 cm³/mol. The van der Waals surface area contributed by atoms with E-state index in [1.165, 1.54) is 0 Å². The van der Waals surface area contributed by atoms with Gasteiger partial charge in [0, 0.05) is 14.9 Å². The van der Waals surface area contributed by atoms with E-state index in [4.69, 9.17) is 5.53 Å². The Labute approximate surface area is 83.3 Å². The summed E-state index contributed by atoms with van der Waals surface area (Å²) in [5, 5.41) is 3.01. The van der Waals surface area contributed by atoms with Gasteiger partial charge in [0.05, 0.1) is 0 Å². The van der Waals surface area contributed by atoms with Gasteiger partial charge < -0.3 is 0 Å². The average Bonchev–Trinajstić information content (AvgIpc) is 2.10. The lowest BCUT2D eigenvalue weighted by Crippen LogP contribution is -1.95. The first-order valence-corrected chi connectivity index (χ1v) is 4.30. The fourth-order valence-corrected chi connectivity index (χ4v) is 1.34. The highest BCUT2D eigenvalue weighted by Gasteiger charge is 2.08. The number of carbonyl (C=O) groups excluding carboxylic acids is 1. The molecular weight excluding hydrogens is 234 g/mol. The molecule has 0 atom stereocenters. The number of aryl methyl sites for hydroxylation is 1. The fraction of sp³-hybridized carbons (Fsp3) is 0.125. The number of rotatable bonds is 1. The third kappa shape index (κ3) is 2.08. The van der Waals surface area contributed by atoms with Crippen molar-refractivity contribution in [1.29, 1.82) is 0 Å². The van der Waals surface area contributed by atoms with Crippen molar-refractivity contribution in [3.8, 4) is 0 Å². The van der Waals surface area contributed by atoms with E-state index in [1.807, 2.05) is 13.0 Å². The third-order valence-electron chi connectivity index (χ3n) is 1.56. The fourth-order valence-electron chi connectivity index (χ4n) is 0.907. The summed E-state index contributed by atoms with van der Waals surface area (Å²) in [7, 11) is 0. The maximum atomic E-state index is 11.2. The number of hydrogen-bond acceptors (Lipinski definition) is 1. The molecule has 1 aromatic carbocycles. The SMILES string of the molecule is Cc1cccc(C(=O)N=[N+]=[N-])c1Br. The average molecular weight is 240 g/mol. The summed E-state index contributed by atoms with van der Waals surface area (Å²) in [6, 6.07) is 5.20. The summed E-state index contributed by atoms with van der Waals surface area (Å²) >= 11 is 3.25. The Hall–Kier alpha value is -1.32. The second-order valence-electron chi connectivity index (χ2n) is 2.43. The first-order chi connectivity index (χ1) is 6.16. The normalized spacial score (nSPS) is 9.08. The monoisotopic (exact) mass is 239 g/mol. The van der Waals surface area contributed by atoms with Gasteiger partial charge in [0.2, 0.25) is 5.91 Å². The summed E-state index contributed by atoms with van der Waals surface area (Å²) in [6.45, 7) is 1.86. The molecule has 1 rings (SSSR count). The highest BCUT2D eigenvalue weighted by atomic mass is 79.9. The summed E-state index contributed by atoms with van der Waals surface area (Å²) in [6.07, 6.45) is 0. The van der Waals surface area contributed by atoms with Crippen LogP contribution in [0.1, 0.15) is 15.9 Å². The van der Waals surface area contributed by atoms with Gasteiger partial charge in [0.15, 0.2) is 0 Å². The van der Waals surface area contributed by atoms with Gasteiger partial charge in [-0.25, -0.2) is 0 Å². The molecule has 66 valence electrons. The van der Waals surface area contributed by atoms with Gasteiger partial charge in [-0.05, 0) is 39.1 Å². The molecule has 0 radical (unpaired) electrons. The number of halogens is 1. The summed E-state index contributed by atoms with van der Waals surface area (Å²) in [4.78, 5) is 13.6. The second kappa shape index (κ2) is 4.07. The van der Waals surface area contributed by atoms with Crippen molar-refractivity contribution < 1.29 is 4.79 Å². The van der Waals surface area contributed by atoms with Crippen molar-refractivity contribution in [1.82, 2.24) is 0 Å². The molecule has 4 nitrogen and oxygen atoms in total. The molecule has 0 aliphatic heterocycles. The van der Waals surface area contributed by atoms with Crippen LogP contribution in [0.25, 0.3) is 10.4 Å². The molecule has 0 saturated carbocycles. The molecule has 0 aliphatic carbocycles. The van der Waals surface area contributed by atoms with E-state index in [2.05, 4.69) is 26.0 Å². The molecule has 0 spiro atoms. The number of azide groups is 1. The topological polar surface area (TPSA) is 65.8 Å². The Morgan fingerprint density at radius 1 is 1.62 bits per heavy atom. The maximum absolute atomic E-state index is 11.2. The number of hydrogen-bond donors (Lipinski definition) is 0. The highest BCUT2D eigenvalue weighted by Crippen LogP contribution is 2.21. The van der Waals surface area contributed by atoms with Crippen LogP contribution >= 0.6 is 15.9 Å². The van der Waals surface area contributed by atoms with Crippen LogP contribution in [0.5, 0.6) is 0 Å². The summed E-state index contributed by atoms with van der Waals surface area (Å²) < 4.78 is 0.674. The zero-order chi connectivity index (χ0) is 9.84. The van der Waals surface area contributed by atoms with Crippen LogP contribution in [0.2, 0.25) is 0 Å². The van der Waals surface area contributed by atoms with Gasteiger partial charge in [-0.3, -0.25) is 4.79 Å². The lowest BCUT2D eigenvalue weighted by atomic mass is 10.1. The Balaban J connectivity index is 3.22. The zero-order valence-electron chi connectivity index (χ0n) is 6.86. The van der Waals surface area contributed by atoms with Gasteiger partial charge in [-0.1, -0.05) is 18.2 Å². The van der Waals surface area contributed by atoms with Crippen molar-refractivity contribution in [2.45, 2.75) is 6.92 Å². The van der Waals surface area contributed by atoms with Crippen molar-refractivity contribution in [3.05, 3.63) is 44.2 Å². The van der Waals surface area contributed by atoms with Crippen LogP contribution in [0, 0.1) is 6.92 Å². The van der Waals surface area contributed by atoms with Crippen LogP contribution in [-0.4, -0.2) is 5.91 Å². The van der Waals surface area contributed by atoms with Crippen molar-refractivity contribution in [3.63, 3.8) is 0 Å². The molecule has 5 heteroatoms. The van der Waals surface area contributed by atoms with Gasteiger partial charge in [-0.2, -0.15) is 0 Å². The minimum Gasteiger partial charge on any atom is -0.287 e. The third-order valence-corrected chi connectivity index (χ3v) is 2.61. The Kier molecular flexibility index (Phi) is 3.06. The Morgan fingerprint density at radius 3 is 2.92 bits per heavy atom. The smallest absolute Gasteiger partial charge is 0.250 e. The molecule has 0 N–H and O–H groups in total. The van der Waals surface area contributed by atoms with E-state index in [9.17, 15) is 4.79 Å². The highest BCUT2D eigenvalue weighted by molar-refractivity contribution is 9.10. The Morgan fingerprint density at radius 2 is 2.31 bits per heavy atom. The predicted octanol–water partition coefficient (Wildman–Crippen LogP) is 3.21. The van der Waals surface area contributed by atoms with Crippen molar-refractivity contribution >= 4 is 21.8 Å². The molecule has 0 aliphatic rings. The molecule has 1 amide bonds. The van der Waals surface area contributed by atoms with Crippen molar-refractivity contribution in [2.24, 2.45) is 5.11 Å². The first-order valence-electron chi connectivity index (χ1n) is 3.51. The van der Waals surface area contributed by atoms with Gasteiger partial charge in [-0.15, -0.1) is 0 Å². The first kappa shape index (κ1) is 9.77. The van der Waals surface area contributed by atoms with Crippen molar-refractivity contribution in [2.75, 3.05) is 0 Å². The molecule has 0 fully saturated rings. The lowest BCUT2D eigenvalue weighted by Gasteiger charge is -2.01. The minimum absolute atomic E-state index is 0.387. The molecule has 13 heavy (non-hydrogen) atoms. The number of carbonyl (C=O) groups is 1. The molecule has 0 saturated heterocycles. The van der Waals surface area contributed by atoms with E-state index in [1.54, 1.807) is 12.1 Å². The molecular formula is C8H6BrN3O. The molecule has 0 aromatic heterocycles. The number of nitrogens with zero attached hydrogens (tertiary/aromatic N) is 3. The molecule has 0 heterocycles. The van der Waals surface area contributed by atoms with Crippen LogP contribution in [0.15, 0.2) is 27.8 Å². The largest absolute Gasteiger partial charge is 0.287 e. The second-order valence-corrected chi connectivity index (χ2v) is 3.22. The lowest BCUT2D eigenvalue weighted by molar-refractivity contribution is 0.0999. The van der Waals surface area contributed by atoms with Gasteiger partial charge in [0.25, 0.3) is 0 Å². The van der Waals surface area contributed by atoms with E-state index < -0.39 is 5.91 Å². The van der Waals surface area contributed by atoms with Crippen LogP contribution in [0.3, 0.4) is 0 Å². The van der Waals surface area contributed by atoms with Crippen LogP contribution in [0.4, 0.5) is 0 Å². The summed E-state index contributed by atoms with van der Waals surface area (Å²) in [5.74, 6) is -0.571. The quantitative estimate of drug-likeness (QED) is 0.422. The van der Waals surface area contributed by atoms with E-state index in [0.29, 0.717) is 10.0 Å². The van der Waals surface area contributed by atoms with Gasteiger partial charge in [0.1, 0.15) is 0 Å². The Bertz CT molecular complexity index is 396. The van der Waals surface area contributed by atoms with Crippen LogP contribution in [-0.2, 0) is 0 Å². The molecule has 1 aromatic rings. The van der Waals surface area contributed by atoms with E-state index in [0.717, 1.165) is 5.56 Å². The summed E-state index contributed by atoms with van der Waals surface area (Å²) in [5.41, 5.74) is 9.40. The number of amides is 1. The van der Waals surface area contributed by atoms with E-state index >= 15 is 0 Å². The standard InChI is InChI=1S/C8H6BrN3O/c1-5-3-2-4-6(7(5)9)8(13)11-12-10/h2-4H,1H3.